The topological polar surface area (TPSA) is 38.7 Å². The fourth-order valence-corrected chi connectivity index (χ4v) is 3.64. The van der Waals surface area contributed by atoms with Gasteiger partial charge in [0, 0.05) is 12.8 Å². The minimum atomic E-state index is -0.657. The lowest BCUT2D eigenvalue weighted by Crippen LogP contribution is -2.41. The summed E-state index contributed by atoms with van der Waals surface area (Å²) in [4.78, 5) is 0. The minimum absolute atomic E-state index is 0.310. The highest BCUT2D eigenvalue weighted by atomic mass is 16.7. The van der Waals surface area contributed by atoms with Crippen molar-refractivity contribution in [3.8, 4) is 0 Å². The standard InChI is InChI=1S/C15H22O3/c1-2-5-14(16)6-3-13-11-15(17-8-9-18-15)7-4-12(13)10-14/h2,10,13,16H,1,3-9,11H2/t13-,14+/m1/s1. The van der Waals surface area contributed by atoms with Gasteiger partial charge in [-0.15, -0.1) is 6.58 Å². The first-order chi connectivity index (χ1) is 8.65. The number of allylic oxidation sites excluding steroid dienone is 1. The van der Waals surface area contributed by atoms with E-state index in [0.29, 0.717) is 12.3 Å². The summed E-state index contributed by atoms with van der Waals surface area (Å²) >= 11 is 0. The molecule has 3 nitrogen and oxygen atoms in total. The van der Waals surface area contributed by atoms with Crippen molar-refractivity contribution in [2.45, 2.75) is 49.9 Å². The van der Waals surface area contributed by atoms with E-state index in [4.69, 9.17) is 9.47 Å². The van der Waals surface area contributed by atoms with Gasteiger partial charge in [0.05, 0.1) is 18.8 Å². The maximum atomic E-state index is 10.5. The van der Waals surface area contributed by atoms with Crippen LogP contribution in [0.1, 0.15) is 38.5 Å². The van der Waals surface area contributed by atoms with E-state index in [1.165, 1.54) is 5.57 Å². The highest BCUT2D eigenvalue weighted by Crippen LogP contribution is 2.47. The van der Waals surface area contributed by atoms with Crippen molar-refractivity contribution in [2.75, 3.05) is 13.2 Å². The first-order valence-electron chi connectivity index (χ1n) is 6.98. The third kappa shape index (κ3) is 2.15. The van der Waals surface area contributed by atoms with Crippen LogP contribution in [0.4, 0.5) is 0 Å². The number of aliphatic hydroxyl groups is 1. The number of hydrogen-bond donors (Lipinski definition) is 1. The lowest BCUT2D eigenvalue weighted by molar-refractivity contribution is -0.181. The molecule has 3 aliphatic rings. The van der Waals surface area contributed by atoms with Gasteiger partial charge < -0.3 is 14.6 Å². The minimum Gasteiger partial charge on any atom is -0.385 e. The average Bonchev–Trinajstić information content (AvgIpc) is 2.79. The number of rotatable bonds is 2. The van der Waals surface area contributed by atoms with E-state index >= 15 is 0 Å². The largest absolute Gasteiger partial charge is 0.385 e. The molecule has 0 aromatic carbocycles. The first kappa shape index (κ1) is 12.4. The van der Waals surface area contributed by atoms with Gasteiger partial charge in [-0.2, -0.15) is 0 Å². The second-order valence-electron chi connectivity index (χ2n) is 5.86. The Balaban J connectivity index is 1.75. The Morgan fingerprint density at radius 2 is 2.17 bits per heavy atom. The van der Waals surface area contributed by atoms with Crippen molar-refractivity contribution in [1.29, 1.82) is 0 Å². The van der Waals surface area contributed by atoms with Gasteiger partial charge >= 0.3 is 0 Å². The van der Waals surface area contributed by atoms with E-state index in [0.717, 1.165) is 45.3 Å². The molecule has 0 aromatic rings. The molecule has 0 radical (unpaired) electrons. The van der Waals surface area contributed by atoms with Crippen LogP contribution in [-0.2, 0) is 9.47 Å². The van der Waals surface area contributed by atoms with E-state index in [1.54, 1.807) is 0 Å². The average molecular weight is 250 g/mol. The molecule has 1 heterocycles. The van der Waals surface area contributed by atoms with Gasteiger partial charge in [-0.25, -0.2) is 0 Å². The predicted octanol–water partition coefficient (Wildman–Crippen LogP) is 2.56. The molecule has 0 amide bonds. The van der Waals surface area contributed by atoms with E-state index in [9.17, 15) is 5.11 Å². The summed E-state index contributed by atoms with van der Waals surface area (Å²) in [6, 6.07) is 0. The number of ether oxygens (including phenoxy) is 2. The Morgan fingerprint density at radius 3 is 2.89 bits per heavy atom. The maximum absolute atomic E-state index is 10.5. The van der Waals surface area contributed by atoms with Crippen molar-refractivity contribution < 1.29 is 14.6 Å². The molecule has 3 heteroatoms. The van der Waals surface area contributed by atoms with E-state index in [1.807, 2.05) is 6.08 Å². The Hall–Kier alpha value is -0.640. The van der Waals surface area contributed by atoms with E-state index < -0.39 is 5.60 Å². The molecular formula is C15H22O3. The second-order valence-corrected chi connectivity index (χ2v) is 5.86. The van der Waals surface area contributed by atoms with Crippen LogP contribution >= 0.6 is 0 Å². The highest BCUT2D eigenvalue weighted by molar-refractivity contribution is 5.22. The van der Waals surface area contributed by atoms with Crippen LogP contribution in [0.15, 0.2) is 24.3 Å². The molecule has 2 aliphatic carbocycles. The predicted molar refractivity (Wildman–Crippen MR) is 69.1 cm³/mol. The van der Waals surface area contributed by atoms with Gasteiger partial charge in [-0.3, -0.25) is 0 Å². The van der Waals surface area contributed by atoms with Crippen LogP contribution in [-0.4, -0.2) is 29.7 Å². The number of hydrogen-bond acceptors (Lipinski definition) is 3. The summed E-state index contributed by atoms with van der Waals surface area (Å²) in [5, 5.41) is 10.5. The molecule has 1 aliphatic heterocycles. The molecule has 2 atom stereocenters. The molecule has 100 valence electrons. The highest BCUT2D eigenvalue weighted by Gasteiger charge is 2.45. The third-order valence-corrected chi connectivity index (χ3v) is 4.57. The first-order valence-corrected chi connectivity index (χ1v) is 6.98. The van der Waals surface area contributed by atoms with Gasteiger partial charge in [0.2, 0.25) is 0 Å². The van der Waals surface area contributed by atoms with Crippen LogP contribution in [0, 0.1) is 5.92 Å². The Kier molecular flexibility index (Phi) is 3.08. The fourth-order valence-electron chi connectivity index (χ4n) is 3.64. The van der Waals surface area contributed by atoms with E-state index in [2.05, 4.69) is 12.7 Å². The van der Waals surface area contributed by atoms with E-state index in [-0.39, 0.29) is 5.79 Å². The lowest BCUT2D eigenvalue weighted by Gasteiger charge is -2.42. The summed E-state index contributed by atoms with van der Waals surface area (Å²) in [6.45, 7) is 5.19. The van der Waals surface area contributed by atoms with Crippen molar-refractivity contribution >= 4 is 0 Å². The normalized spacial score (nSPS) is 38.3. The number of fused-ring (bicyclic) bond motifs is 1. The second kappa shape index (κ2) is 4.48. The molecular weight excluding hydrogens is 228 g/mol. The third-order valence-electron chi connectivity index (χ3n) is 4.57. The van der Waals surface area contributed by atoms with Gasteiger partial charge in [0.1, 0.15) is 0 Å². The molecule has 2 fully saturated rings. The van der Waals surface area contributed by atoms with Crippen LogP contribution < -0.4 is 0 Å². The molecule has 0 bridgehead atoms. The summed E-state index contributed by atoms with van der Waals surface area (Å²) in [5.74, 6) is 0.220. The SMILES string of the molecule is C=CC[C@@]1(O)C=C2CCC3(C[C@H]2CC1)OCCO3. The van der Waals surface area contributed by atoms with Crippen molar-refractivity contribution in [3.05, 3.63) is 24.3 Å². The van der Waals surface area contributed by atoms with Crippen molar-refractivity contribution in [2.24, 2.45) is 5.92 Å². The van der Waals surface area contributed by atoms with Gasteiger partial charge in [0.15, 0.2) is 5.79 Å². The van der Waals surface area contributed by atoms with Gasteiger partial charge in [0.25, 0.3) is 0 Å². The Morgan fingerprint density at radius 1 is 1.39 bits per heavy atom. The molecule has 0 aromatic heterocycles. The van der Waals surface area contributed by atoms with Crippen molar-refractivity contribution in [3.63, 3.8) is 0 Å². The molecule has 0 unspecified atom stereocenters. The summed E-state index contributed by atoms with van der Waals surface area (Å²) in [5.41, 5.74) is 0.741. The molecule has 1 N–H and O–H groups in total. The molecule has 1 saturated carbocycles. The molecule has 1 saturated heterocycles. The molecule has 3 rings (SSSR count). The fraction of sp³-hybridized carbons (Fsp3) is 0.733. The quantitative estimate of drug-likeness (QED) is 0.765. The van der Waals surface area contributed by atoms with Gasteiger partial charge in [-0.05, 0) is 31.6 Å². The van der Waals surface area contributed by atoms with Crippen LogP contribution in [0.25, 0.3) is 0 Å². The van der Waals surface area contributed by atoms with Crippen LogP contribution in [0.2, 0.25) is 0 Å². The zero-order valence-corrected chi connectivity index (χ0v) is 10.9. The monoisotopic (exact) mass is 250 g/mol. The summed E-state index contributed by atoms with van der Waals surface area (Å²) < 4.78 is 11.6. The van der Waals surface area contributed by atoms with Crippen molar-refractivity contribution in [1.82, 2.24) is 0 Å². The maximum Gasteiger partial charge on any atom is 0.169 e. The zero-order chi connectivity index (χ0) is 12.6. The lowest BCUT2D eigenvalue weighted by atomic mass is 9.70. The molecule has 1 spiro atoms. The summed E-state index contributed by atoms with van der Waals surface area (Å²) in [6.07, 6.45) is 9.29. The van der Waals surface area contributed by atoms with Gasteiger partial charge in [-0.1, -0.05) is 17.7 Å². The zero-order valence-electron chi connectivity index (χ0n) is 10.9. The Bertz CT molecular complexity index is 368. The Labute approximate surface area is 108 Å². The van der Waals surface area contributed by atoms with Crippen LogP contribution in [0.5, 0.6) is 0 Å². The summed E-state index contributed by atoms with van der Waals surface area (Å²) in [7, 11) is 0. The smallest absolute Gasteiger partial charge is 0.169 e. The van der Waals surface area contributed by atoms with Crippen LogP contribution in [0.3, 0.4) is 0 Å². The molecule has 18 heavy (non-hydrogen) atoms.